The van der Waals surface area contributed by atoms with Crippen molar-refractivity contribution in [3.8, 4) is 5.75 Å². The first kappa shape index (κ1) is 22.8. The molecule has 0 spiro atoms. The Hall–Kier alpha value is -2.63. The lowest BCUT2D eigenvalue weighted by Gasteiger charge is -2.68. The number of carboxylic acid groups (broad SMARTS) is 1. The molecule has 2 aromatic rings. The molecular weight excluding hydrogens is 485 g/mol. The fourth-order valence-corrected chi connectivity index (χ4v) is 8.99. The van der Waals surface area contributed by atoms with Crippen LogP contribution in [0.5, 0.6) is 5.75 Å². The zero-order valence-electron chi connectivity index (χ0n) is 18.6. The first-order valence-electron chi connectivity index (χ1n) is 11.6. The van der Waals surface area contributed by atoms with Crippen LogP contribution in [0.4, 0.5) is 18.9 Å². The second kappa shape index (κ2) is 7.44. The fraction of sp³-hybridized carbons (Fsp3) is 0.458. The summed E-state index contributed by atoms with van der Waals surface area (Å²) in [6, 6.07) is 10.6. The highest BCUT2D eigenvalue weighted by molar-refractivity contribution is 7.89. The molecule has 4 bridgehead atoms. The summed E-state index contributed by atoms with van der Waals surface area (Å²) in [4.78, 5) is 11.7. The summed E-state index contributed by atoms with van der Waals surface area (Å²) in [6.07, 6.45) is -2.65. The molecule has 4 aliphatic heterocycles. The molecule has 5 unspecified atom stereocenters. The van der Waals surface area contributed by atoms with Crippen LogP contribution in [0.3, 0.4) is 0 Å². The smallest absolute Gasteiger partial charge is 0.481 e. The van der Waals surface area contributed by atoms with E-state index >= 15 is 0 Å². The highest BCUT2D eigenvalue weighted by Gasteiger charge is 2.69. The van der Waals surface area contributed by atoms with Crippen molar-refractivity contribution < 1.29 is 36.2 Å². The van der Waals surface area contributed by atoms with Crippen molar-refractivity contribution in [1.82, 2.24) is 8.79 Å². The highest BCUT2D eigenvalue weighted by Crippen LogP contribution is 2.52. The van der Waals surface area contributed by atoms with Crippen molar-refractivity contribution >= 4 is 21.7 Å². The van der Waals surface area contributed by atoms with Gasteiger partial charge in [0.05, 0.1) is 16.9 Å². The third-order valence-corrected chi connectivity index (χ3v) is 10.3. The Balaban J connectivity index is 1.28. The van der Waals surface area contributed by atoms with Crippen LogP contribution in [0.1, 0.15) is 24.0 Å². The van der Waals surface area contributed by atoms with Gasteiger partial charge in [0, 0.05) is 18.6 Å². The number of quaternary nitrogens is 1. The quantitative estimate of drug-likeness (QED) is 0.626. The Morgan fingerprint density at radius 3 is 2.43 bits per heavy atom. The van der Waals surface area contributed by atoms with Crippen LogP contribution in [-0.2, 0) is 27.7 Å². The van der Waals surface area contributed by atoms with Crippen LogP contribution in [-0.4, -0.2) is 61.4 Å². The Morgan fingerprint density at radius 2 is 1.80 bits per heavy atom. The van der Waals surface area contributed by atoms with Crippen molar-refractivity contribution in [1.29, 1.82) is 0 Å². The van der Waals surface area contributed by atoms with Gasteiger partial charge in [-0.15, -0.1) is 13.2 Å². The van der Waals surface area contributed by atoms with Crippen molar-refractivity contribution in [2.75, 3.05) is 13.1 Å². The average Bonchev–Trinajstić information content (AvgIpc) is 3.22. The van der Waals surface area contributed by atoms with Crippen molar-refractivity contribution in [3.63, 3.8) is 0 Å². The van der Waals surface area contributed by atoms with Gasteiger partial charge in [0.2, 0.25) is 10.0 Å². The van der Waals surface area contributed by atoms with Crippen LogP contribution >= 0.6 is 0 Å². The number of piperazine rings is 2. The van der Waals surface area contributed by atoms with Crippen molar-refractivity contribution in [3.05, 3.63) is 53.6 Å². The van der Waals surface area contributed by atoms with Gasteiger partial charge < -0.3 is 9.84 Å². The minimum Gasteiger partial charge on any atom is -0.481 e. The number of alkyl halides is 3. The maximum absolute atomic E-state index is 13.9. The molecule has 186 valence electrons. The number of nitrogens with zero attached hydrogens (tertiary/aromatic N) is 2. The topological polar surface area (TPSA) is 83.9 Å². The SMILES string of the molecule is O=C(O)C1Cc2cccc(S(=O)(=O)N3C4CCC5C3C[N+]5(c3ccc(OC(F)(F)F)cc3)C4)c2C1. The number of carboxylic acids is 1. The van der Waals surface area contributed by atoms with Gasteiger partial charge in [-0.05, 0) is 48.6 Å². The number of halogens is 3. The Bertz CT molecular complexity index is 1310. The molecule has 5 aliphatic rings. The molecule has 11 heteroatoms. The van der Waals surface area contributed by atoms with Gasteiger partial charge >= 0.3 is 12.3 Å². The number of carbonyl (C=O) groups is 1. The van der Waals surface area contributed by atoms with Gasteiger partial charge in [0.1, 0.15) is 36.6 Å². The van der Waals surface area contributed by atoms with Gasteiger partial charge in [-0.2, -0.15) is 4.31 Å². The van der Waals surface area contributed by atoms with Crippen molar-refractivity contribution in [2.45, 2.75) is 55.1 Å². The maximum Gasteiger partial charge on any atom is 0.573 e. The molecule has 0 aromatic heterocycles. The first-order chi connectivity index (χ1) is 16.5. The number of fused-ring (bicyclic) bond motifs is 2. The lowest BCUT2D eigenvalue weighted by atomic mass is 9.75. The molecular formula is C24H24F3N2O5S+. The number of ether oxygens (including phenoxy) is 1. The molecule has 4 fully saturated rings. The van der Waals surface area contributed by atoms with E-state index in [1.54, 1.807) is 34.6 Å². The number of sulfonamides is 1. The first-order valence-corrected chi connectivity index (χ1v) is 13.0. The molecule has 1 aliphatic carbocycles. The van der Waals surface area contributed by atoms with E-state index in [-0.39, 0.29) is 35.2 Å². The van der Waals surface area contributed by atoms with Crippen molar-refractivity contribution in [2.24, 2.45) is 5.92 Å². The zero-order chi connectivity index (χ0) is 24.8. The maximum atomic E-state index is 13.9. The third-order valence-electron chi connectivity index (χ3n) is 8.25. The predicted octanol–water partition coefficient (Wildman–Crippen LogP) is 3.31. The largest absolute Gasteiger partial charge is 0.573 e. The summed E-state index contributed by atoms with van der Waals surface area (Å²) < 4.78 is 71.6. The van der Waals surface area contributed by atoms with Crippen LogP contribution in [0.25, 0.3) is 0 Å². The molecule has 4 heterocycles. The van der Waals surface area contributed by atoms with E-state index in [0.717, 1.165) is 24.1 Å². The van der Waals surface area contributed by atoms with E-state index in [2.05, 4.69) is 4.74 Å². The van der Waals surface area contributed by atoms with E-state index in [1.165, 1.54) is 12.1 Å². The van der Waals surface area contributed by atoms with E-state index < -0.39 is 28.3 Å². The molecule has 2 aromatic carbocycles. The lowest BCUT2D eigenvalue weighted by Crippen LogP contribution is -2.89. The standard InChI is InChI=1S/C24H23F3N2O5S/c25-24(26,27)34-18-7-5-17(6-8-18)29-12-16-4-9-21(29)20(13-29)28(16)35(32,33)22-3-1-2-14-10-15(23(30)31)11-19(14)22/h1-3,5-8,15-16,20-21H,4,9-13H2/p+1. The van der Waals surface area contributed by atoms with Gasteiger partial charge in [-0.25, -0.2) is 8.42 Å². The minimum atomic E-state index is -4.75. The van der Waals surface area contributed by atoms with Crippen LogP contribution < -0.4 is 9.22 Å². The second-order valence-corrected chi connectivity index (χ2v) is 11.8. The molecule has 0 amide bonds. The van der Waals surface area contributed by atoms with Crippen LogP contribution in [0.2, 0.25) is 0 Å². The fourth-order valence-electron chi connectivity index (χ4n) is 6.86. The van der Waals surface area contributed by atoms with Gasteiger partial charge in [-0.1, -0.05) is 12.1 Å². The summed E-state index contributed by atoms with van der Waals surface area (Å²) in [5.41, 5.74) is 2.26. The molecule has 35 heavy (non-hydrogen) atoms. The van der Waals surface area contributed by atoms with E-state index in [1.807, 2.05) is 0 Å². The predicted molar refractivity (Wildman–Crippen MR) is 119 cm³/mol. The highest BCUT2D eigenvalue weighted by atomic mass is 32.2. The third kappa shape index (κ3) is 3.39. The number of benzene rings is 2. The number of hydrogen-bond donors (Lipinski definition) is 1. The molecule has 0 radical (unpaired) electrons. The molecule has 7 rings (SSSR count). The molecule has 4 saturated heterocycles. The summed E-state index contributed by atoms with van der Waals surface area (Å²) >= 11 is 0. The molecule has 7 nitrogen and oxygen atoms in total. The van der Waals surface area contributed by atoms with Gasteiger partial charge in [-0.3, -0.25) is 9.28 Å². The number of piperidine rings is 2. The molecule has 5 atom stereocenters. The molecule has 1 N–H and O–H groups in total. The van der Waals surface area contributed by atoms with E-state index in [0.29, 0.717) is 29.6 Å². The van der Waals surface area contributed by atoms with E-state index in [4.69, 9.17) is 0 Å². The van der Waals surface area contributed by atoms with Crippen LogP contribution in [0.15, 0.2) is 47.4 Å². The van der Waals surface area contributed by atoms with Gasteiger partial charge in [0.15, 0.2) is 0 Å². The summed E-state index contributed by atoms with van der Waals surface area (Å²) in [5, 5.41) is 9.45. The minimum absolute atomic E-state index is 0.0349. The number of aliphatic carboxylic acids is 1. The Kier molecular flexibility index (Phi) is 4.85. The lowest BCUT2D eigenvalue weighted by molar-refractivity contribution is -0.274. The average molecular weight is 510 g/mol. The summed E-state index contributed by atoms with van der Waals surface area (Å²) in [5.74, 6) is -1.81. The normalized spacial score (nSPS) is 31.6. The Morgan fingerprint density at radius 1 is 1.06 bits per heavy atom. The van der Waals surface area contributed by atoms with E-state index in [9.17, 15) is 31.5 Å². The molecule has 0 saturated carbocycles. The van der Waals surface area contributed by atoms with Gasteiger partial charge in [0.25, 0.3) is 0 Å². The number of rotatable bonds is 5. The monoisotopic (exact) mass is 509 g/mol. The second-order valence-electron chi connectivity index (χ2n) is 9.98. The number of hydrogen-bond acceptors (Lipinski definition) is 4. The Labute approximate surface area is 200 Å². The zero-order valence-corrected chi connectivity index (χ0v) is 19.4. The summed E-state index contributed by atoms with van der Waals surface area (Å²) in [6.45, 7) is 1.12. The van der Waals surface area contributed by atoms with Crippen LogP contribution in [0, 0.1) is 5.92 Å². The summed E-state index contributed by atoms with van der Waals surface area (Å²) in [7, 11) is -3.83.